The molecule has 1 fully saturated rings. The van der Waals surface area contributed by atoms with Crippen LogP contribution < -0.4 is 4.74 Å². The van der Waals surface area contributed by atoms with E-state index >= 15 is 0 Å². The van der Waals surface area contributed by atoms with Crippen LogP contribution in [0.15, 0.2) is 18.2 Å². The molecule has 0 amide bonds. The van der Waals surface area contributed by atoms with Crippen LogP contribution in [0.5, 0.6) is 5.75 Å². The van der Waals surface area contributed by atoms with E-state index in [2.05, 4.69) is 15.1 Å². The second kappa shape index (κ2) is 5.96. The lowest BCUT2D eigenvalue weighted by molar-refractivity contribution is 0.273. The molecule has 2 aliphatic rings. The quantitative estimate of drug-likeness (QED) is 0.943. The first kappa shape index (κ1) is 14.7. The maximum Gasteiger partial charge on any atom is 0.127 e. The first-order valence-corrected chi connectivity index (χ1v) is 8.35. The van der Waals surface area contributed by atoms with Crippen LogP contribution in [0, 0.1) is 5.82 Å². The summed E-state index contributed by atoms with van der Waals surface area (Å²) < 4.78 is 19.3. The molecule has 122 valence electrons. The van der Waals surface area contributed by atoms with Crippen molar-refractivity contribution in [1.82, 2.24) is 15.1 Å². The molecule has 2 heterocycles. The van der Waals surface area contributed by atoms with Crippen molar-refractivity contribution in [3.63, 3.8) is 0 Å². The number of halogens is 1. The van der Waals surface area contributed by atoms with E-state index in [9.17, 15) is 4.39 Å². The molecule has 0 bridgehead atoms. The highest BCUT2D eigenvalue weighted by atomic mass is 19.1. The maximum atomic E-state index is 14.0. The number of aromatic amines is 1. The SMILES string of the molecule is COc1ccc(F)c(CN2CCc3[nH]nc(C4CC4)c3CC2)c1. The number of ether oxygens (including phenoxy) is 1. The molecule has 1 N–H and O–H groups in total. The summed E-state index contributed by atoms with van der Waals surface area (Å²) in [5, 5.41) is 7.76. The molecule has 1 aromatic heterocycles. The molecular weight excluding hydrogens is 293 g/mol. The van der Waals surface area contributed by atoms with Gasteiger partial charge in [-0.15, -0.1) is 0 Å². The Kier molecular flexibility index (Phi) is 3.81. The van der Waals surface area contributed by atoms with Gasteiger partial charge in [0, 0.05) is 43.2 Å². The molecule has 1 saturated carbocycles. The minimum absolute atomic E-state index is 0.158. The van der Waals surface area contributed by atoms with Gasteiger partial charge in [0.25, 0.3) is 0 Å². The van der Waals surface area contributed by atoms with E-state index in [0.29, 0.717) is 23.8 Å². The molecular formula is C18H22FN3O. The molecule has 2 aromatic rings. The number of methoxy groups -OCH3 is 1. The predicted octanol–water partition coefficient (Wildman–Crippen LogP) is 3.04. The summed E-state index contributed by atoms with van der Waals surface area (Å²) >= 11 is 0. The minimum Gasteiger partial charge on any atom is -0.497 e. The van der Waals surface area contributed by atoms with Gasteiger partial charge >= 0.3 is 0 Å². The van der Waals surface area contributed by atoms with Crippen molar-refractivity contribution in [2.45, 2.75) is 38.1 Å². The van der Waals surface area contributed by atoms with E-state index in [4.69, 9.17) is 4.74 Å². The maximum absolute atomic E-state index is 14.0. The molecule has 4 rings (SSSR count). The normalized spacial score (nSPS) is 18.5. The number of H-pyrrole nitrogens is 1. The summed E-state index contributed by atoms with van der Waals surface area (Å²) in [5.74, 6) is 1.23. The van der Waals surface area contributed by atoms with Crippen molar-refractivity contribution in [2.24, 2.45) is 0 Å². The number of benzene rings is 1. The minimum atomic E-state index is -0.158. The number of rotatable bonds is 4. The van der Waals surface area contributed by atoms with E-state index < -0.39 is 0 Å². The van der Waals surface area contributed by atoms with E-state index in [1.165, 1.54) is 35.9 Å². The Balaban J connectivity index is 1.48. The largest absolute Gasteiger partial charge is 0.497 e. The lowest BCUT2D eigenvalue weighted by atomic mass is 10.1. The standard InChI is InChI=1S/C18H22FN3O/c1-23-14-4-5-16(19)13(10-14)11-22-8-6-15-17(7-9-22)20-21-18(15)12-2-3-12/h4-5,10,12H,2-3,6-9,11H2,1H3,(H,20,21). The van der Waals surface area contributed by atoms with Crippen molar-refractivity contribution in [2.75, 3.05) is 20.2 Å². The van der Waals surface area contributed by atoms with Crippen LogP contribution in [0.25, 0.3) is 0 Å². The molecule has 0 atom stereocenters. The Hall–Kier alpha value is -1.88. The van der Waals surface area contributed by atoms with Gasteiger partial charge in [-0.25, -0.2) is 4.39 Å². The number of nitrogens with zero attached hydrogens (tertiary/aromatic N) is 2. The summed E-state index contributed by atoms with van der Waals surface area (Å²) in [6.45, 7) is 2.50. The third kappa shape index (κ3) is 2.98. The number of aromatic nitrogens is 2. The van der Waals surface area contributed by atoms with Gasteiger partial charge in [-0.2, -0.15) is 5.10 Å². The highest BCUT2D eigenvalue weighted by Crippen LogP contribution is 2.41. The Labute approximate surface area is 135 Å². The van der Waals surface area contributed by atoms with Gasteiger partial charge in [0.05, 0.1) is 12.8 Å². The average Bonchev–Trinajstić information content (AvgIpc) is 3.36. The summed E-state index contributed by atoms with van der Waals surface area (Å²) in [5.41, 5.74) is 4.69. The fourth-order valence-electron chi connectivity index (χ4n) is 3.45. The van der Waals surface area contributed by atoms with Gasteiger partial charge in [-0.05, 0) is 43.0 Å². The fourth-order valence-corrected chi connectivity index (χ4v) is 3.45. The topological polar surface area (TPSA) is 41.1 Å². The highest BCUT2D eigenvalue weighted by Gasteiger charge is 2.31. The van der Waals surface area contributed by atoms with Crippen LogP contribution in [-0.4, -0.2) is 35.3 Å². The molecule has 0 radical (unpaired) electrons. The molecule has 1 aromatic carbocycles. The van der Waals surface area contributed by atoms with E-state index in [1.54, 1.807) is 19.2 Å². The Morgan fingerprint density at radius 2 is 2.13 bits per heavy atom. The second-order valence-electron chi connectivity index (χ2n) is 6.57. The summed E-state index contributed by atoms with van der Waals surface area (Å²) in [4.78, 5) is 2.32. The van der Waals surface area contributed by atoms with Gasteiger partial charge in [0.2, 0.25) is 0 Å². The Bertz CT molecular complexity index is 708. The van der Waals surface area contributed by atoms with Crippen molar-refractivity contribution in [3.8, 4) is 5.75 Å². The lowest BCUT2D eigenvalue weighted by Crippen LogP contribution is -2.26. The zero-order chi connectivity index (χ0) is 15.8. The Morgan fingerprint density at radius 3 is 2.91 bits per heavy atom. The van der Waals surface area contributed by atoms with Crippen molar-refractivity contribution >= 4 is 0 Å². The van der Waals surface area contributed by atoms with Gasteiger partial charge in [0.1, 0.15) is 11.6 Å². The Morgan fingerprint density at radius 1 is 1.30 bits per heavy atom. The van der Waals surface area contributed by atoms with Crippen LogP contribution in [0.1, 0.15) is 41.3 Å². The molecule has 5 heteroatoms. The number of nitrogens with one attached hydrogen (secondary N) is 1. The van der Waals surface area contributed by atoms with Gasteiger partial charge in [0.15, 0.2) is 0 Å². The zero-order valence-corrected chi connectivity index (χ0v) is 13.4. The van der Waals surface area contributed by atoms with Crippen molar-refractivity contribution < 1.29 is 9.13 Å². The third-order valence-electron chi connectivity index (χ3n) is 4.95. The summed E-state index contributed by atoms with van der Waals surface area (Å²) in [6, 6.07) is 4.96. The van der Waals surface area contributed by atoms with Crippen LogP contribution in [0.4, 0.5) is 4.39 Å². The molecule has 1 aliphatic carbocycles. The first-order valence-electron chi connectivity index (χ1n) is 8.35. The van der Waals surface area contributed by atoms with Crippen molar-refractivity contribution in [1.29, 1.82) is 0 Å². The molecule has 1 aliphatic heterocycles. The highest BCUT2D eigenvalue weighted by molar-refractivity contribution is 5.33. The van der Waals surface area contributed by atoms with Crippen molar-refractivity contribution in [3.05, 3.63) is 46.5 Å². The lowest BCUT2D eigenvalue weighted by Gasteiger charge is -2.20. The summed E-state index contributed by atoms with van der Waals surface area (Å²) in [6.07, 6.45) is 4.51. The zero-order valence-electron chi connectivity index (χ0n) is 13.4. The van der Waals surface area contributed by atoms with Crippen LogP contribution in [-0.2, 0) is 19.4 Å². The van der Waals surface area contributed by atoms with Crippen LogP contribution in [0.2, 0.25) is 0 Å². The van der Waals surface area contributed by atoms with Gasteiger partial charge in [-0.3, -0.25) is 10.00 Å². The number of hydrogen-bond acceptors (Lipinski definition) is 3. The molecule has 0 saturated heterocycles. The molecule has 0 spiro atoms. The van der Waals surface area contributed by atoms with E-state index in [0.717, 1.165) is 25.9 Å². The van der Waals surface area contributed by atoms with E-state index in [1.807, 2.05) is 0 Å². The van der Waals surface area contributed by atoms with Gasteiger partial charge in [-0.1, -0.05) is 0 Å². The van der Waals surface area contributed by atoms with Crippen LogP contribution >= 0.6 is 0 Å². The van der Waals surface area contributed by atoms with Crippen LogP contribution in [0.3, 0.4) is 0 Å². The third-order valence-corrected chi connectivity index (χ3v) is 4.95. The molecule has 0 unspecified atom stereocenters. The molecule has 23 heavy (non-hydrogen) atoms. The number of fused-ring (bicyclic) bond motifs is 1. The van der Waals surface area contributed by atoms with E-state index in [-0.39, 0.29) is 5.82 Å². The predicted molar refractivity (Wildman–Crippen MR) is 86.2 cm³/mol. The summed E-state index contributed by atoms with van der Waals surface area (Å²) in [7, 11) is 1.61. The number of hydrogen-bond donors (Lipinski definition) is 1. The second-order valence-corrected chi connectivity index (χ2v) is 6.57. The first-order chi connectivity index (χ1) is 11.2. The fraction of sp³-hybridized carbons (Fsp3) is 0.500. The average molecular weight is 315 g/mol. The monoisotopic (exact) mass is 315 g/mol. The smallest absolute Gasteiger partial charge is 0.127 e. The van der Waals surface area contributed by atoms with Gasteiger partial charge < -0.3 is 4.74 Å². The molecule has 4 nitrogen and oxygen atoms in total.